The molecule has 1 saturated heterocycles. The number of ether oxygens (including phenoxy) is 1. The molecule has 0 aliphatic carbocycles. The summed E-state index contributed by atoms with van der Waals surface area (Å²) in [5.41, 5.74) is -0.317. The Bertz CT molecular complexity index is 980. The van der Waals surface area contributed by atoms with Crippen LogP contribution in [0.1, 0.15) is 46.8 Å². The fraction of sp³-hybridized carbons (Fsp3) is 0.722. The van der Waals surface area contributed by atoms with Crippen molar-refractivity contribution in [1.29, 1.82) is 0 Å². The maximum atomic E-state index is 12.5. The highest BCUT2D eigenvalue weighted by molar-refractivity contribution is 7.54. The van der Waals surface area contributed by atoms with E-state index in [0.717, 1.165) is 0 Å². The molecule has 0 radical (unpaired) electrons. The molecule has 174 valence electrons. The third-order valence-electron chi connectivity index (χ3n) is 5.62. The van der Waals surface area contributed by atoms with Crippen molar-refractivity contribution in [2.24, 2.45) is 0 Å². The van der Waals surface area contributed by atoms with Crippen LogP contribution >= 0.6 is 7.60 Å². The summed E-state index contributed by atoms with van der Waals surface area (Å²) in [6.45, 7) is 5.72. The monoisotopic (exact) mass is 459 g/mol. The van der Waals surface area contributed by atoms with Gasteiger partial charge in [-0.1, -0.05) is 6.92 Å². The number of rotatable bonds is 8. The first-order chi connectivity index (χ1) is 14.3. The lowest BCUT2D eigenvalue weighted by Crippen LogP contribution is -2.39. The SMILES string of the molecule is CCC(C)(C[C@H]1O[C@@H](n2cnc3c(NC)ncnc32)[C@H](O)[C@@H]1O)OP(=O)(O)C(C)(C)O. The second-order valence-corrected chi connectivity index (χ2v) is 10.8. The van der Waals surface area contributed by atoms with Crippen molar-refractivity contribution in [3.8, 4) is 0 Å². The van der Waals surface area contributed by atoms with Crippen LogP contribution in [0, 0.1) is 0 Å². The molecule has 1 aliphatic rings. The van der Waals surface area contributed by atoms with E-state index in [4.69, 9.17) is 9.26 Å². The van der Waals surface area contributed by atoms with Gasteiger partial charge in [0.15, 0.2) is 23.0 Å². The van der Waals surface area contributed by atoms with E-state index in [0.29, 0.717) is 23.4 Å². The average Bonchev–Trinajstić information content (AvgIpc) is 3.23. The smallest absolute Gasteiger partial charge is 0.359 e. The molecular weight excluding hydrogens is 429 g/mol. The van der Waals surface area contributed by atoms with Gasteiger partial charge in [0.2, 0.25) is 0 Å². The molecule has 13 heteroatoms. The lowest BCUT2D eigenvalue weighted by Gasteiger charge is -2.36. The van der Waals surface area contributed by atoms with Gasteiger partial charge in [0.1, 0.15) is 24.1 Å². The van der Waals surface area contributed by atoms with Crippen LogP contribution in [0.5, 0.6) is 0 Å². The molecule has 0 amide bonds. The van der Waals surface area contributed by atoms with Crippen LogP contribution in [0.3, 0.4) is 0 Å². The Hall–Kier alpha value is -1.66. The number of hydrogen-bond donors (Lipinski definition) is 5. The molecule has 0 aromatic carbocycles. The van der Waals surface area contributed by atoms with Crippen molar-refractivity contribution in [3.63, 3.8) is 0 Å². The van der Waals surface area contributed by atoms with Crippen molar-refractivity contribution >= 4 is 24.6 Å². The zero-order valence-electron chi connectivity index (χ0n) is 18.1. The second kappa shape index (κ2) is 8.36. The predicted molar refractivity (Wildman–Crippen MR) is 111 cm³/mol. The zero-order valence-corrected chi connectivity index (χ0v) is 19.0. The van der Waals surface area contributed by atoms with Gasteiger partial charge >= 0.3 is 7.60 Å². The van der Waals surface area contributed by atoms with Gasteiger partial charge in [0.25, 0.3) is 0 Å². The van der Waals surface area contributed by atoms with Gasteiger partial charge in [-0.25, -0.2) is 15.0 Å². The van der Waals surface area contributed by atoms with Gasteiger partial charge in [-0.3, -0.25) is 9.13 Å². The lowest BCUT2D eigenvalue weighted by atomic mass is 9.93. The molecule has 3 heterocycles. The summed E-state index contributed by atoms with van der Waals surface area (Å²) in [5.74, 6) is 0.505. The summed E-state index contributed by atoms with van der Waals surface area (Å²) in [4.78, 5) is 22.7. The Morgan fingerprint density at radius 3 is 2.52 bits per heavy atom. The van der Waals surface area contributed by atoms with E-state index in [-0.39, 0.29) is 6.42 Å². The van der Waals surface area contributed by atoms with Crippen LogP contribution in [0.4, 0.5) is 5.82 Å². The summed E-state index contributed by atoms with van der Waals surface area (Å²) in [6.07, 6.45) is -1.39. The molecule has 6 atom stereocenters. The minimum atomic E-state index is -4.39. The van der Waals surface area contributed by atoms with Crippen LogP contribution in [0.15, 0.2) is 12.7 Å². The highest BCUT2D eigenvalue weighted by Crippen LogP contribution is 2.57. The largest absolute Gasteiger partial charge is 0.388 e. The molecule has 3 rings (SSSR count). The topological polar surface area (TPSA) is 172 Å². The number of hydrogen-bond acceptors (Lipinski definition) is 10. The molecule has 0 bridgehead atoms. The number of aliphatic hydroxyl groups excluding tert-OH is 2. The first kappa shape index (κ1) is 24.0. The molecule has 2 aromatic heterocycles. The molecule has 12 nitrogen and oxygen atoms in total. The summed E-state index contributed by atoms with van der Waals surface area (Å²) in [7, 11) is -2.70. The Morgan fingerprint density at radius 1 is 1.26 bits per heavy atom. The first-order valence-corrected chi connectivity index (χ1v) is 11.5. The third-order valence-corrected chi connectivity index (χ3v) is 7.69. The number of aliphatic hydroxyl groups is 3. The third kappa shape index (κ3) is 4.47. The van der Waals surface area contributed by atoms with E-state index in [9.17, 15) is 24.8 Å². The number of nitrogens with one attached hydrogen (secondary N) is 1. The van der Waals surface area contributed by atoms with Crippen LogP contribution in [-0.4, -0.2) is 76.0 Å². The Morgan fingerprint density at radius 2 is 1.94 bits per heavy atom. The van der Waals surface area contributed by atoms with Crippen molar-refractivity contribution in [1.82, 2.24) is 19.5 Å². The molecule has 1 aliphatic heterocycles. The molecule has 0 saturated carbocycles. The first-order valence-electron chi connectivity index (χ1n) is 9.96. The Kier molecular flexibility index (Phi) is 6.47. The average molecular weight is 459 g/mol. The van der Waals surface area contributed by atoms with Gasteiger partial charge in [-0.2, -0.15) is 0 Å². The normalized spacial score (nSPS) is 28.4. The van der Waals surface area contributed by atoms with Gasteiger partial charge < -0.3 is 34.8 Å². The van der Waals surface area contributed by atoms with Crippen LogP contribution in [-0.2, 0) is 13.8 Å². The van der Waals surface area contributed by atoms with E-state index >= 15 is 0 Å². The van der Waals surface area contributed by atoms with E-state index < -0.39 is 43.1 Å². The minimum Gasteiger partial charge on any atom is -0.388 e. The van der Waals surface area contributed by atoms with Crippen molar-refractivity contribution < 1.29 is 34.0 Å². The fourth-order valence-corrected chi connectivity index (χ4v) is 4.46. The highest BCUT2D eigenvalue weighted by atomic mass is 31.2. The fourth-order valence-electron chi connectivity index (χ4n) is 3.43. The summed E-state index contributed by atoms with van der Waals surface area (Å²) >= 11 is 0. The van der Waals surface area contributed by atoms with Gasteiger partial charge in [0.05, 0.1) is 18.0 Å². The Balaban J connectivity index is 1.85. The summed E-state index contributed by atoms with van der Waals surface area (Å²) in [5, 5.41) is 32.2. The van der Waals surface area contributed by atoms with Crippen LogP contribution in [0.25, 0.3) is 11.2 Å². The van der Waals surface area contributed by atoms with Crippen LogP contribution in [0.2, 0.25) is 0 Å². The molecule has 2 unspecified atom stereocenters. The zero-order chi connectivity index (χ0) is 23.2. The maximum absolute atomic E-state index is 12.5. The predicted octanol–water partition coefficient (Wildman–Crippen LogP) is 0.976. The van der Waals surface area contributed by atoms with E-state index in [2.05, 4.69) is 20.3 Å². The molecule has 31 heavy (non-hydrogen) atoms. The lowest BCUT2D eigenvalue weighted by molar-refractivity contribution is -0.0684. The summed E-state index contributed by atoms with van der Waals surface area (Å²) < 4.78 is 25.4. The molecule has 1 fully saturated rings. The molecule has 2 aromatic rings. The number of fused-ring (bicyclic) bond motifs is 1. The summed E-state index contributed by atoms with van der Waals surface area (Å²) in [6, 6.07) is 0. The minimum absolute atomic E-state index is 0.00222. The molecule has 5 N–H and O–H groups in total. The van der Waals surface area contributed by atoms with E-state index in [1.807, 2.05) is 0 Å². The molecular formula is C18H30N5O7P. The van der Waals surface area contributed by atoms with Crippen molar-refractivity contribution in [2.45, 2.75) is 76.0 Å². The van der Waals surface area contributed by atoms with E-state index in [1.54, 1.807) is 20.9 Å². The quantitative estimate of drug-likeness (QED) is 0.356. The number of imidazole rings is 1. The number of aromatic nitrogens is 4. The van der Waals surface area contributed by atoms with Crippen LogP contribution < -0.4 is 5.32 Å². The standard InChI is InChI=1S/C18H30N5O7P/c1-6-18(4,30-31(27,28)17(2,3)26)7-10-12(24)13(25)16(29-10)23-9-22-11-14(19-5)20-8-21-15(11)23/h8-10,12-13,16,24-26H,6-7H2,1-5H3,(H,27,28)(H,19,20,21)/t10-,12-,13-,16-,18?/m1/s1. The number of anilines is 1. The highest BCUT2D eigenvalue weighted by Gasteiger charge is 2.50. The van der Waals surface area contributed by atoms with Gasteiger partial charge in [0, 0.05) is 13.5 Å². The molecule has 0 spiro atoms. The van der Waals surface area contributed by atoms with Gasteiger partial charge in [-0.05, 0) is 27.2 Å². The number of nitrogens with zero attached hydrogens (tertiary/aromatic N) is 4. The van der Waals surface area contributed by atoms with Crippen molar-refractivity contribution in [3.05, 3.63) is 12.7 Å². The van der Waals surface area contributed by atoms with Crippen molar-refractivity contribution in [2.75, 3.05) is 12.4 Å². The maximum Gasteiger partial charge on any atom is 0.359 e. The second-order valence-electron chi connectivity index (χ2n) is 8.46. The van der Waals surface area contributed by atoms with Gasteiger partial charge in [-0.15, -0.1) is 0 Å². The Labute approximate surface area is 179 Å². The van der Waals surface area contributed by atoms with E-state index in [1.165, 1.54) is 31.1 Å².